The number of allylic oxidation sites excluding steroid dienone is 1. The van der Waals surface area contributed by atoms with Crippen LogP contribution in [0.4, 0.5) is 0 Å². The van der Waals surface area contributed by atoms with Gasteiger partial charge in [0.2, 0.25) is 5.91 Å². The van der Waals surface area contributed by atoms with Crippen LogP contribution in [0.3, 0.4) is 0 Å². The SMILES string of the molecule is C=CCc1ccc(OCC(=O)NCCNC(=O)C2=CC(C)(C)NC2(C)C)c(OC)c1.Cl. The fraction of sp³-hybridized carbons (Fsp3) is 0.478. The summed E-state index contributed by atoms with van der Waals surface area (Å²) in [6, 6.07) is 5.54. The summed E-state index contributed by atoms with van der Waals surface area (Å²) in [5.74, 6) is 0.662. The summed E-state index contributed by atoms with van der Waals surface area (Å²) in [6.07, 6.45) is 4.48. The molecule has 0 atom stereocenters. The van der Waals surface area contributed by atoms with E-state index in [9.17, 15) is 9.59 Å². The van der Waals surface area contributed by atoms with Crippen molar-refractivity contribution in [1.82, 2.24) is 16.0 Å². The Labute approximate surface area is 191 Å². The molecule has 0 saturated heterocycles. The minimum Gasteiger partial charge on any atom is -0.493 e. The Hall–Kier alpha value is -2.51. The lowest BCUT2D eigenvalue weighted by atomic mass is 9.96. The number of ether oxygens (including phenoxy) is 2. The van der Waals surface area contributed by atoms with Crippen LogP contribution in [0.2, 0.25) is 0 Å². The first-order valence-electron chi connectivity index (χ1n) is 10.1. The number of nitrogens with one attached hydrogen (secondary N) is 3. The summed E-state index contributed by atoms with van der Waals surface area (Å²) in [7, 11) is 1.56. The average Bonchev–Trinajstić information content (AvgIpc) is 2.91. The summed E-state index contributed by atoms with van der Waals surface area (Å²) in [5, 5.41) is 9.00. The molecule has 0 aromatic heterocycles. The first-order chi connectivity index (χ1) is 14.1. The quantitative estimate of drug-likeness (QED) is 0.376. The van der Waals surface area contributed by atoms with E-state index in [-0.39, 0.29) is 36.4 Å². The Morgan fingerprint density at radius 1 is 1.13 bits per heavy atom. The molecule has 3 N–H and O–H groups in total. The van der Waals surface area contributed by atoms with Crippen LogP contribution in [0.25, 0.3) is 0 Å². The predicted molar refractivity (Wildman–Crippen MR) is 125 cm³/mol. The third kappa shape index (κ3) is 7.60. The van der Waals surface area contributed by atoms with Gasteiger partial charge in [0.25, 0.3) is 5.91 Å². The van der Waals surface area contributed by atoms with Gasteiger partial charge in [0.05, 0.1) is 7.11 Å². The van der Waals surface area contributed by atoms with Crippen LogP contribution in [-0.2, 0) is 16.0 Å². The third-order valence-electron chi connectivity index (χ3n) is 4.76. The number of benzene rings is 1. The number of hydrogen-bond donors (Lipinski definition) is 3. The summed E-state index contributed by atoms with van der Waals surface area (Å²) in [4.78, 5) is 24.5. The fourth-order valence-electron chi connectivity index (χ4n) is 3.59. The maximum atomic E-state index is 12.5. The Morgan fingerprint density at radius 2 is 1.81 bits per heavy atom. The van der Waals surface area contributed by atoms with Gasteiger partial charge < -0.3 is 20.1 Å². The number of hydrogen-bond acceptors (Lipinski definition) is 5. The Morgan fingerprint density at radius 3 is 2.39 bits per heavy atom. The monoisotopic (exact) mass is 451 g/mol. The fourth-order valence-corrected chi connectivity index (χ4v) is 3.59. The predicted octanol–water partition coefficient (Wildman–Crippen LogP) is 2.54. The van der Waals surface area contributed by atoms with E-state index >= 15 is 0 Å². The minimum atomic E-state index is -0.398. The van der Waals surface area contributed by atoms with Gasteiger partial charge in [0.15, 0.2) is 18.1 Å². The second-order valence-corrected chi connectivity index (χ2v) is 8.40. The zero-order valence-corrected chi connectivity index (χ0v) is 19.8. The summed E-state index contributed by atoms with van der Waals surface area (Å²) in [5.41, 5.74) is 1.13. The summed E-state index contributed by atoms with van der Waals surface area (Å²) < 4.78 is 10.9. The lowest BCUT2D eigenvalue weighted by Gasteiger charge is -2.27. The van der Waals surface area contributed by atoms with E-state index in [1.807, 2.05) is 52.0 Å². The Bertz CT molecular complexity index is 834. The van der Waals surface area contributed by atoms with Gasteiger partial charge in [-0.15, -0.1) is 19.0 Å². The number of amides is 2. The van der Waals surface area contributed by atoms with Crippen LogP contribution in [0.15, 0.2) is 42.5 Å². The van der Waals surface area contributed by atoms with Crippen molar-refractivity contribution in [1.29, 1.82) is 0 Å². The molecule has 2 rings (SSSR count). The average molecular weight is 452 g/mol. The minimum absolute atomic E-state index is 0. The lowest BCUT2D eigenvalue weighted by molar-refractivity contribution is -0.123. The van der Waals surface area contributed by atoms with Crippen molar-refractivity contribution < 1.29 is 19.1 Å². The highest BCUT2D eigenvalue weighted by molar-refractivity contribution is 5.96. The Balaban J connectivity index is 0.00000480. The highest BCUT2D eigenvalue weighted by atomic mass is 35.5. The molecule has 0 aliphatic carbocycles. The van der Waals surface area contributed by atoms with Gasteiger partial charge in [-0.05, 0) is 51.8 Å². The van der Waals surface area contributed by atoms with Crippen LogP contribution >= 0.6 is 12.4 Å². The molecule has 2 amide bonds. The molecule has 0 spiro atoms. The molecule has 1 heterocycles. The maximum absolute atomic E-state index is 12.5. The second-order valence-electron chi connectivity index (χ2n) is 8.40. The number of halogens is 1. The van der Waals surface area contributed by atoms with E-state index in [0.29, 0.717) is 30.2 Å². The van der Waals surface area contributed by atoms with E-state index in [4.69, 9.17) is 9.47 Å². The molecule has 1 aliphatic rings. The van der Waals surface area contributed by atoms with Gasteiger partial charge in [0.1, 0.15) is 0 Å². The van der Waals surface area contributed by atoms with Crippen LogP contribution in [0, 0.1) is 0 Å². The topological polar surface area (TPSA) is 88.7 Å². The number of rotatable bonds is 10. The van der Waals surface area contributed by atoms with Gasteiger partial charge in [-0.2, -0.15) is 0 Å². The highest BCUT2D eigenvalue weighted by Crippen LogP contribution is 2.30. The zero-order valence-electron chi connectivity index (χ0n) is 19.0. The van der Waals surface area contributed by atoms with E-state index in [0.717, 1.165) is 12.0 Å². The van der Waals surface area contributed by atoms with Crippen molar-refractivity contribution in [3.8, 4) is 11.5 Å². The van der Waals surface area contributed by atoms with E-state index in [1.54, 1.807) is 13.2 Å². The van der Waals surface area contributed by atoms with E-state index in [1.165, 1.54) is 0 Å². The van der Waals surface area contributed by atoms with Crippen LogP contribution < -0.4 is 25.4 Å². The van der Waals surface area contributed by atoms with E-state index < -0.39 is 5.54 Å². The molecule has 7 nitrogen and oxygen atoms in total. The molecular weight excluding hydrogens is 418 g/mol. The third-order valence-corrected chi connectivity index (χ3v) is 4.76. The van der Waals surface area contributed by atoms with Crippen molar-refractivity contribution >= 4 is 24.2 Å². The van der Waals surface area contributed by atoms with Crippen molar-refractivity contribution in [2.24, 2.45) is 0 Å². The Kier molecular flexibility index (Phi) is 9.59. The number of methoxy groups -OCH3 is 1. The largest absolute Gasteiger partial charge is 0.493 e. The van der Waals surface area contributed by atoms with Gasteiger partial charge in [-0.1, -0.05) is 18.2 Å². The highest BCUT2D eigenvalue weighted by Gasteiger charge is 2.39. The van der Waals surface area contributed by atoms with Crippen molar-refractivity contribution in [2.45, 2.75) is 45.2 Å². The van der Waals surface area contributed by atoms with Crippen LogP contribution in [0.5, 0.6) is 11.5 Å². The lowest BCUT2D eigenvalue weighted by Crippen LogP contribution is -2.48. The van der Waals surface area contributed by atoms with Gasteiger partial charge in [-0.3, -0.25) is 14.9 Å². The summed E-state index contributed by atoms with van der Waals surface area (Å²) >= 11 is 0. The molecule has 0 fully saturated rings. The van der Waals surface area contributed by atoms with Crippen LogP contribution in [0.1, 0.15) is 33.3 Å². The second kappa shape index (κ2) is 11.2. The molecule has 8 heteroatoms. The number of carbonyl (C=O) groups is 2. The van der Waals surface area contributed by atoms with Crippen molar-refractivity contribution in [3.63, 3.8) is 0 Å². The molecule has 1 aromatic rings. The first-order valence-corrected chi connectivity index (χ1v) is 10.1. The number of carbonyl (C=O) groups excluding carboxylic acids is 2. The summed E-state index contributed by atoms with van der Waals surface area (Å²) in [6.45, 7) is 12.2. The van der Waals surface area contributed by atoms with Gasteiger partial charge >= 0.3 is 0 Å². The molecule has 0 radical (unpaired) electrons. The standard InChI is InChI=1S/C23H33N3O4.ClH/c1-7-8-16-9-10-18(19(13-16)29-6)30-15-20(27)24-11-12-25-21(28)17-14-22(2,3)26-23(17,4)5;/h7,9-10,13-14,26H,1,8,11-12,15H2,2-6H3,(H,24,27)(H,25,28);1H. The molecular formula is C23H34ClN3O4. The molecule has 1 aromatic carbocycles. The molecule has 0 bridgehead atoms. The molecule has 0 unspecified atom stereocenters. The van der Waals surface area contributed by atoms with Crippen LogP contribution in [-0.4, -0.2) is 49.7 Å². The molecule has 1 aliphatic heterocycles. The normalized spacial score (nSPS) is 15.8. The molecule has 172 valence electrons. The maximum Gasteiger partial charge on any atom is 0.258 e. The van der Waals surface area contributed by atoms with Gasteiger partial charge in [-0.25, -0.2) is 0 Å². The van der Waals surface area contributed by atoms with Crippen molar-refractivity contribution in [2.75, 3.05) is 26.8 Å². The van der Waals surface area contributed by atoms with Crippen molar-refractivity contribution in [3.05, 3.63) is 48.1 Å². The smallest absolute Gasteiger partial charge is 0.258 e. The zero-order chi connectivity index (χ0) is 22.4. The van der Waals surface area contributed by atoms with E-state index in [2.05, 4.69) is 22.5 Å². The molecule has 0 saturated carbocycles. The first kappa shape index (κ1) is 26.5. The molecule has 31 heavy (non-hydrogen) atoms. The van der Waals surface area contributed by atoms with Gasteiger partial charge in [0, 0.05) is 29.7 Å².